The lowest BCUT2D eigenvalue weighted by Crippen LogP contribution is -2.29. The molecule has 33 heavy (non-hydrogen) atoms. The number of aromatic nitrogens is 1. The fourth-order valence-electron chi connectivity index (χ4n) is 4.16. The molecule has 8 heteroatoms. The van der Waals surface area contributed by atoms with Crippen molar-refractivity contribution in [3.63, 3.8) is 0 Å². The van der Waals surface area contributed by atoms with Crippen molar-refractivity contribution in [1.29, 1.82) is 0 Å². The lowest BCUT2D eigenvalue weighted by atomic mass is 9.99. The molecular formula is C25H19N3O5. The fourth-order valence-corrected chi connectivity index (χ4v) is 4.16. The molecule has 1 fully saturated rings. The lowest BCUT2D eigenvalue weighted by Gasteiger charge is -2.23. The number of nitrogens with zero attached hydrogens (tertiary/aromatic N) is 1. The second-order valence-corrected chi connectivity index (χ2v) is 7.66. The second-order valence-electron chi connectivity index (χ2n) is 7.66. The number of fused-ring (bicyclic) bond motifs is 1. The highest BCUT2D eigenvalue weighted by Gasteiger charge is 2.48. The van der Waals surface area contributed by atoms with Crippen LogP contribution < -0.4 is 10.2 Å². The number of anilines is 2. The normalized spacial score (nSPS) is 17.6. The van der Waals surface area contributed by atoms with Crippen molar-refractivity contribution < 1.29 is 23.9 Å². The van der Waals surface area contributed by atoms with Gasteiger partial charge in [0.2, 0.25) is 5.91 Å². The van der Waals surface area contributed by atoms with E-state index in [4.69, 9.17) is 4.42 Å². The first-order chi connectivity index (χ1) is 16.0. The van der Waals surface area contributed by atoms with Crippen LogP contribution in [0.1, 0.15) is 24.3 Å². The standard InChI is InChI=1S/C25H19N3O5/c1-14(29)27-15-6-4-7-16(12-15)28-22(20-10-5-11-33-20)21(24(31)25(28)32)23(30)18-13-26-19-9-3-2-8-17(18)19/h2-13,22,26,30H,1H3,(H,27,29)/b23-21-. The van der Waals surface area contributed by atoms with Gasteiger partial charge in [-0.05, 0) is 36.4 Å². The fraction of sp³-hybridized carbons (Fsp3) is 0.0800. The maximum Gasteiger partial charge on any atom is 0.300 e. The van der Waals surface area contributed by atoms with Gasteiger partial charge in [0.1, 0.15) is 17.6 Å². The lowest BCUT2D eigenvalue weighted by molar-refractivity contribution is -0.132. The largest absolute Gasteiger partial charge is 0.507 e. The minimum Gasteiger partial charge on any atom is -0.507 e. The SMILES string of the molecule is CC(=O)Nc1cccc(N2C(=O)C(=O)/C(=C(\O)c3c[nH]c4ccccc34)C2c2ccco2)c1. The van der Waals surface area contributed by atoms with Gasteiger partial charge in [-0.2, -0.15) is 0 Å². The number of carbonyl (C=O) groups is 3. The van der Waals surface area contributed by atoms with Crippen molar-refractivity contribution in [2.24, 2.45) is 0 Å². The third kappa shape index (κ3) is 3.38. The Morgan fingerprint density at radius 3 is 2.67 bits per heavy atom. The Bertz CT molecular complexity index is 1430. The molecule has 2 aromatic carbocycles. The Morgan fingerprint density at radius 2 is 1.91 bits per heavy atom. The predicted molar refractivity (Wildman–Crippen MR) is 123 cm³/mol. The average molecular weight is 441 g/mol. The molecule has 164 valence electrons. The summed E-state index contributed by atoms with van der Waals surface area (Å²) < 4.78 is 5.58. The van der Waals surface area contributed by atoms with Gasteiger partial charge in [-0.15, -0.1) is 0 Å². The molecule has 1 saturated heterocycles. The summed E-state index contributed by atoms with van der Waals surface area (Å²) in [6, 6.07) is 16.2. The molecule has 1 aliphatic rings. The van der Waals surface area contributed by atoms with Crippen LogP contribution >= 0.6 is 0 Å². The molecule has 0 radical (unpaired) electrons. The molecule has 0 spiro atoms. The van der Waals surface area contributed by atoms with Crippen LogP contribution in [0.3, 0.4) is 0 Å². The van der Waals surface area contributed by atoms with E-state index in [2.05, 4.69) is 10.3 Å². The number of nitrogens with one attached hydrogen (secondary N) is 2. The molecule has 1 aliphatic heterocycles. The van der Waals surface area contributed by atoms with Gasteiger partial charge in [-0.25, -0.2) is 0 Å². The number of aliphatic hydroxyl groups is 1. The van der Waals surface area contributed by atoms with Gasteiger partial charge in [0, 0.05) is 41.0 Å². The number of hydrogen-bond donors (Lipinski definition) is 3. The summed E-state index contributed by atoms with van der Waals surface area (Å²) >= 11 is 0. The van der Waals surface area contributed by atoms with Crippen LogP contribution in [0.2, 0.25) is 0 Å². The minimum absolute atomic E-state index is 0.0790. The first-order valence-electron chi connectivity index (χ1n) is 10.2. The van der Waals surface area contributed by atoms with Crippen molar-refractivity contribution in [3.05, 3.63) is 90.0 Å². The van der Waals surface area contributed by atoms with Crippen LogP contribution in [0.25, 0.3) is 16.7 Å². The van der Waals surface area contributed by atoms with E-state index in [1.165, 1.54) is 18.1 Å². The monoisotopic (exact) mass is 441 g/mol. The molecular weight excluding hydrogens is 422 g/mol. The van der Waals surface area contributed by atoms with E-state index in [0.717, 1.165) is 5.52 Å². The van der Waals surface area contributed by atoms with Crippen LogP contribution in [-0.2, 0) is 14.4 Å². The van der Waals surface area contributed by atoms with Crippen molar-refractivity contribution in [3.8, 4) is 0 Å². The third-order valence-electron chi connectivity index (χ3n) is 5.55. The Hall–Kier alpha value is -4.59. The number of aromatic amines is 1. The molecule has 3 N–H and O–H groups in total. The highest BCUT2D eigenvalue weighted by Crippen LogP contribution is 2.43. The van der Waals surface area contributed by atoms with E-state index in [0.29, 0.717) is 28.1 Å². The maximum atomic E-state index is 13.2. The average Bonchev–Trinajstić information content (AvgIpc) is 3.52. The first kappa shape index (κ1) is 20.3. The number of rotatable bonds is 4. The van der Waals surface area contributed by atoms with E-state index < -0.39 is 17.7 Å². The molecule has 2 aromatic heterocycles. The number of hydrogen-bond acceptors (Lipinski definition) is 5. The third-order valence-corrected chi connectivity index (χ3v) is 5.55. The van der Waals surface area contributed by atoms with Crippen molar-refractivity contribution in [2.45, 2.75) is 13.0 Å². The van der Waals surface area contributed by atoms with Gasteiger partial charge in [-0.1, -0.05) is 24.3 Å². The van der Waals surface area contributed by atoms with E-state index in [-0.39, 0.29) is 17.2 Å². The Kier molecular flexibility index (Phi) is 4.82. The van der Waals surface area contributed by atoms with E-state index in [1.807, 2.05) is 24.3 Å². The van der Waals surface area contributed by atoms with E-state index in [9.17, 15) is 19.5 Å². The van der Waals surface area contributed by atoms with Gasteiger partial charge in [0.05, 0.1) is 11.8 Å². The summed E-state index contributed by atoms with van der Waals surface area (Å²) in [6.45, 7) is 1.38. The molecule has 8 nitrogen and oxygen atoms in total. The minimum atomic E-state index is -0.985. The number of carbonyl (C=O) groups excluding carboxylic acids is 3. The number of ketones is 1. The maximum absolute atomic E-state index is 13.2. The van der Waals surface area contributed by atoms with E-state index in [1.54, 1.807) is 42.6 Å². The molecule has 2 amide bonds. The highest BCUT2D eigenvalue weighted by atomic mass is 16.3. The summed E-state index contributed by atoms with van der Waals surface area (Å²) in [5, 5.41) is 14.6. The summed E-state index contributed by atoms with van der Waals surface area (Å²) in [4.78, 5) is 42.2. The topological polar surface area (TPSA) is 116 Å². The molecule has 3 heterocycles. The predicted octanol–water partition coefficient (Wildman–Crippen LogP) is 4.35. The Balaban J connectivity index is 1.70. The van der Waals surface area contributed by atoms with Gasteiger partial charge in [0.15, 0.2) is 0 Å². The Labute approximate surface area is 188 Å². The van der Waals surface area contributed by atoms with Gasteiger partial charge >= 0.3 is 0 Å². The molecule has 5 rings (SSSR count). The van der Waals surface area contributed by atoms with Crippen molar-refractivity contribution in [1.82, 2.24) is 4.98 Å². The Morgan fingerprint density at radius 1 is 1.09 bits per heavy atom. The number of aliphatic hydroxyl groups excluding tert-OH is 1. The number of amides is 2. The zero-order chi connectivity index (χ0) is 23.1. The number of Topliss-reactive ketones (excluding diaryl/α,β-unsaturated/α-hetero) is 1. The van der Waals surface area contributed by atoms with Gasteiger partial charge < -0.3 is 19.8 Å². The van der Waals surface area contributed by atoms with Crippen molar-refractivity contribution >= 4 is 45.6 Å². The molecule has 1 atom stereocenters. The molecule has 0 aliphatic carbocycles. The number of benzene rings is 2. The van der Waals surface area contributed by atoms with E-state index >= 15 is 0 Å². The van der Waals surface area contributed by atoms with Crippen LogP contribution in [0, 0.1) is 0 Å². The molecule has 0 saturated carbocycles. The van der Waals surface area contributed by atoms with Gasteiger partial charge in [0.25, 0.3) is 11.7 Å². The van der Waals surface area contributed by atoms with Gasteiger partial charge in [-0.3, -0.25) is 19.3 Å². The number of H-pyrrole nitrogens is 1. The molecule has 0 bridgehead atoms. The van der Waals surface area contributed by atoms with Crippen LogP contribution in [0.5, 0.6) is 0 Å². The summed E-state index contributed by atoms with van der Waals surface area (Å²) in [5.41, 5.74) is 1.96. The number of furan rings is 1. The second kappa shape index (κ2) is 7.83. The molecule has 4 aromatic rings. The van der Waals surface area contributed by atoms with Crippen molar-refractivity contribution in [2.75, 3.05) is 10.2 Å². The molecule has 1 unspecified atom stereocenters. The summed E-state index contributed by atoms with van der Waals surface area (Å²) in [6.07, 6.45) is 3.04. The van der Waals surface area contributed by atoms with Crippen LogP contribution in [0.15, 0.2) is 83.1 Å². The summed E-state index contributed by atoms with van der Waals surface area (Å²) in [7, 11) is 0. The number of para-hydroxylation sites is 1. The zero-order valence-electron chi connectivity index (χ0n) is 17.5. The zero-order valence-corrected chi connectivity index (χ0v) is 17.5. The smallest absolute Gasteiger partial charge is 0.300 e. The van der Waals surface area contributed by atoms with Crippen LogP contribution in [-0.4, -0.2) is 27.7 Å². The first-order valence-corrected chi connectivity index (χ1v) is 10.2. The highest BCUT2D eigenvalue weighted by molar-refractivity contribution is 6.51. The van der Waals surface area contributed by atoms with Crippen LogP contribution in [0.4, 0.5) is 11.4 Å². The quantitative estimate of drug-likeness (QED) is 0.247. The summed E-state index contributed by atoms with van der Waals surface area (Å²) in [5.74, 6) is -1.88.